The Labute approximate surface area is 130 Å². The molecule has 0 bridgehead atoms. The summed E-state index contributed by atoms with van der Waals surface area (Å²) in [6.45, 7) is 6.38. The second kappa shape index (κ2) is 6.35. The van der Waals surface area contributed by atoms with E-state index in [4.69, 9.17) is 9.15 Å². The van der Waals surface area contributed by atoms with Gasteiger partial charge >= 0.3 is 0 Å². The van der Waals surface area contributed by atoms with Gasteiger partial charge in [0.2, 0.25) is 0 Å². The Morgan fingerprint density at radius 2 is 1.86 bits per heavy atom. The van der Waals surface area contributed by atoms with Crippen LogP contribution in [0.4, 0.5) is 0 Å². The Kier molecular flexibility index (Phi) is 4.10. The van der Waals surface area contributed by atoms with Crippen LogP contribution in [0.1, 0.15) is 16.9 Å². The Hall–Kier alpha value is -2.74. The predicted octanol–water partition coefficient (Wildman–Crippen LogP) is 5.48. The van der Waals surface area contributed by atoms with E-state index in [1.165, 1.54) is 0 Å². The van der Waals surface area contributed by atoms with Crippen molar-refractivity contribution in [1.82, 2.24) is 0 Å². The van der Waals surface area contributed by atoms with Gasteiger partial charge in [0.25, 0.3) is 0 Å². The highest BCUT2D eigenvalue weighted by molar-refractivity contribution is 5.72. The summed E-state index contributed by atoms with van der Waals surface area (Å²) in [6.07, 6.45) is 1.82. The maximum Gasteiger partial charge on any atom is 0.134 e. The Balaban J connectivity index is 1.81. The van der Waals surface area contributed by atoms with E-state index in [2.05, 4.69) is 18.7 Å². The van der Waals surface area contributed by atoms with Gasteiger partial charge in [0.1, 0.15) is 23.9 Å². The topological polar surface area (TPSA) is 22.4 Å². The number of aryl methyl sites for hydroxylation is 1. The SMILES string of the molecule is C=Cc1cc(OCc2ccccc2)ccc1-c1ccc(C)o1. The molecule has 0 aliphatic heterocycles. The summed E-state index contributed by atoms with van der Waals surface area (Å²) in [7, 11) is 0. The van der Waals surface area contributed by atoms with Gasteiger partial charge in [-0.15, -0.1) is 0 Å². The fraction of sp³-hybridized carbons (Fsp3) is 0.100. The summed E-state index contributed by atoms with van der Waals surface area (Å²) in [4.78, 5) is 0. The van der Waals surface area contributed by atoms with Crippen molar-refractivity contribution in [3.8, 4) is 17.1 Å². The lowest BCUT2D eigenvalue weighted by molar-refractivity contribution is 0.306. The van der Waals surface area contributed by atoms with E-state index in [9.17, 15) is 0 Å². The minimum absolute atomic E-state index is 0.552. The molecule has 0 amide bonds. The van der Waals surface area contributed by atoms with E-state index in [0.717, 1.165) is 34.0 Å². The van der Waals surface area contributed by atoms with Crippen LogP contribution in [0, 0.1) is 6.92 Å². The average molecular weight is 290 g/mol. The quantitative estimate of drug-likeness (QED) is 0.621. The van der Waals surface area contributed by atoms with Crippen LogP contribution in [0.15, 0.2) is 71.7 Å². The van der Waals surface area contributed by atoms with Crippen molar-refractivity contribution < 1.29 is 9.15 Å². The van der Waals surface area contributed by atoms with Gasteiger partial charge < -0.3 is 9.15 Å². The van der Waals surface area contributed by atoms with Crippen molar-refractivity contribution in [3.05, 3.63) is 84.1 Å². The molecule has 0 aliphatic carbocycles. The zero-order valence-corrected chi connectivity index (χ0v) is 12.6. The number of rotatable bonds is 5. The molecule has 0 fully saturated rings. The lowest BCUT2D eigenvalue weighted by atomic mass is 10.0. The fourth-order valence-electron chi connectivity index (χ4n) is 2.34. The van der Waals surface area contributed by atoms with Crippen LogP contribution in [0.5, 0.6) is 5.75 Å². The van der Waals surface area contributed by atoms with Gasteiger partial charge in [-0.25, -0.2) is 0 Å². The van der Waals surface area contributed by atoms with Gasteiger partial charge in [-0.1, -0.05) is 43.0 Å². The second-order valence-corrected chi connectivity index (χ2v) is 5.14. The third kappa shape index (κ3) is 3.12. The molecular formula is C20H18O2. The van der Waals surface area contributed by atoms with Gasteiger partial charge in [0.15, 0.2) is 0 Å². The summed E-state index contributed by atoms with van der Waals surface area (Å²) in [6, 6.07) is 20.0. The third-order valence-electron chi connectivity index (χ3n) is 3.50. The zero-order valence-electron chi connectivity index (χ0n) is 12.6. The lowest BCUT2D eigenvalue weighted by Gasteiger charge is -2.09. The second-order valence-electron chi connectivity index (χ2n) is 5.14. The van der Waals surface area contributed by atoms with Gasteiger partial charge in [-0.3, -0.25) is 0 Å². The van der Waals surface area contributed by atoms with E-state index < -0.39 is 0 Å². The molecule has 3 aromatic rings. The van der Waals surface area contributed by atoms with E-state index in [-0.39, 0.29) is 0 Å². The van der Waals surface area contributed by atoms with Crippen LogP contribution in [0.25, 0.3) is 17.4 Å². The average Bonchev–Trinajstić information content (AvgIpc) is 3.00. The fourth-order valence-corrected chi connectivity index (χ4v) is 2.34. The molecule has 0 aliphatic rings. The molecule has 110 valence electrons. The molecule has 0 atom stereocenters. The highest BCUT2D eigenvalue weighted by Gasteiger charge is 2.08. The first kappa shape index (κ1) is 14.2. The predicted molar refractivity (Wildman–Crippen MR) is 89.7 cm³/mol. The van der Waals surface area contributed by atoms with Crippen LogP contribution < -0.4 is 4.74 Å². The van der Waals surface area contributed by atoms with E-state index in [1.807, 2.05) is 61.5 Å². The molecular weight excluding hydrogens is 272 g/mol. The lowest BCUT2D eigenvalue weighted by Crippen LogP contribution is -1.95. The Morgan fingerprint density at radius 3 is 2.55 bits per heavy atom. The van der Waals surface area contributed by atoms with Crippen LogP contribution in [-0.2, 0) is 6.61 Å². The minimum Gasteiger partial charge on any atom is -0.489 e. The smallest absolute Gasteiger partial charge is 0.134 e. The van der Waals surface area contributed by atoms with Crippen molar-refractivity contribution in [2.24, 2.45) is 0 Å². The highest BCUT2D eigenvalue weighted by Crippen LogP contribution is 2.29. The molecule has 3 rings (SSSR count). The van der Waals surface area contributed by atoms with Gasteiger partial charge in [-0.2, -0.15) is 0 Å². The number of hydrogen-bond acceptors (Lipinski definition) is 2. The monoisotopic (exact) mass is 290 g/mol. The molecule has 1 aromatic heterocycles. The molecule has 0 unspecified atom stereocenters. The molecule has 0 spiro atoms. The van der Waals surface area contributed by atoms with Crippen LogP contribution in [0.2, 0.25) is 0 Å². The molecule has 0 saturated heterocycles. The van der Waals surface area contributed by atoms with Crippen LogP contribution in [-0.4, -0.2) is 0 Å². The number of hydrogen-bond donors (Lipinski definition) is 0. The van der Waals surface area contributed by atoms with Gasteiger partial charge in [-0.05, 0) is 48.4 Å². The molecule has 0 radical (unpaired) electrons. The number of ether oxygens (including phenoxy) is 1. The Bertz CT molecular complexity index is 769. The molecule has 2 aromatic carbocycles. The van der Waals surface area contributed by atoms with Crippen LogP contribution >= 0.6 is 0 Å². The van der Waals surface area contributed by atoms with Crippen molar-refractivity contribution in [3.63, 3.8) is 0 Å². The molecule has 2 nitrogen and oxygen atoms in total. The summed E-state index contributed by atoms with van der Waals surface area (Å²) in [5.41, 5.74) is 3.17. The van der Waals surface area contributed by atoms with Gasteiger partial charge in [0.05, 0.1) is 0 Å². The van der Waals surface area contributed by atoms with Crippen LogP contribution in [0.3, 0.4) is 0 Å². The summed E-state index contributed by atoms with van der Waals surface area (Å²) in [5.74, 6) is 2.57. The van der Waals surface area contributed by atoms with E-state index >= 15 is 0 Å². The first-order valence-electron chi connectivity index (χ1n) is 7.26. The number of furan rings is 1. The first-order valence-corrected chi connectivity index (χ1v) is 7.26. The highest BCUT2D eigenvalue weighted by atomic mass is 16.5. The molecule has 0 N–H and O–H groups in total. The Morgan fingerprint density at radius 1 is 1.05 bits per heavy atom. The number of benzene rings is 2. The third-order valence-corrected chi connectivity index (χ3v) is 3.50. The molecule has 1 heterocycles. The molecule has 0 saturated carbocycles. The summed E-state index contributed by atoms with van der Waals surface area (Å²) >= 11 is 0. The first-order chi connectivity index (χ1) is 10.8. The summed E-state index contributed by atoms with van der Waals surface area (Å²) in [5, 5.41) is 0. The van der Waals surface area contributed by atoms with E-state index in [1.54, 1.807) is 0 Å². The largest absolute Gasteiger partial charge is 0.489 e. The van der Waals surface area contributed by atoms with Crippen molar-refractivity contribution in [2.75, 3.05) is 0 Å². The zero-order chi connectivity index (χ0) is 15.4. The standard InChI is InChI=1S/C20H18O2/c1-3-17-13-18(21-14-16-7-5-4-6-8-16)10-11-19(17)20-12-9-15(2)22-20/h3-13H,1,14H2,2H3. The van der Waals surface area contributed by atoms with Crippen molar-refractivity contribution >= 4 is 6.08 Å². The van der Waals surface area contributed by atoms with E-state index in [0.29, 0.717) is 6.61 Å². The molecule has 22 heavy (non-hydrogen) atoms. The summed E-state index contributed by atoms with van der Waals surface area (Å²) < 4.78 is 11.5. The maximum absolute atomic E-state index is 5.85. The maximum atomic E-state index is 5.85. The van der Waals surface area contributed by atoms with Gasteiger partial charge in [0, 0.05) is 5.56 Å². The van der Waals surface area contributed by atoms with Crippen molar-refractivity contribution in [1.29, 1.82) is 0 Å². The normalized spacial score (nSPS) is 10.4. The minimum atomic E-state index is 0.552. The van der Waals surface area contributed by atoms with Crippen molar-refractivity contribution in [2.45, 2.75) is 13.5 Å². The molecule has 2 heteroatoms.